The Morgan fingerprint density at radius 2 is 1.71 bits per heavy atom. The molecule has 3 amide bonds. The van der Waals surface area contributed by atoms with Gasteiger partial charge in [0.05, 0.1) is 48.2 Å². The molecule has 4 rings (SSSR count). The lowest BCUT2D eigenvalue weighted by Gasteiger charge is -2.41. The Bertz CT molecular complexity index is 1520. The molecular formula is C43H67N5O6S. The van der Waals surface area contributed by atoms with Gasteiger partial charge < -0.3 is 30.3 Å². The third kappa shape index (κ3) is 11.2. The first-order chi connectivity index (χ1) is 26.3. The second-order valence-corrected chi connectivity index (χ2v) is 17.3. The lowest BCUT2D eigenvalue weighted by atomic mass is 9.75. The first-order valence-corrected chi connectivity index (χ1v) is 21.3. The number of carbonyl (C=O) groups excluding carboxylic acids is 4. The standard InChI is InChI=1S/C43H67N5O6S/c1-9-29(4)38(47(6)42(52)32(28(2)3)26-36(49)43(44)20-14-11-15-21-43)35(53-7)27-37(50)48-23-16-19-34(48)39(54-8)30(5)40(51)46-33(41-45-22-24-55-41)25-31-17-12-10-13-18-31/h10,12-13,17-18,22,24,28-30,32-35,38-39H,9,11,14-16,19-21,23,25-27,44H2,1-8H3,(H,46,51). The maximum Gasteiger partial charge on any atom is 0.226 e. The smallest absolute Gasteiger partial charge is 0.226 e. The first kappa shape index (κ1) is 44.5. The highest BCUT2D eigenvalue weighted by atomic mass is 32.1. The van der Waals surface area contributed by atoms with E-state index in [2.05, 4.69) is 24.1 Å². The van der Waals surface area contributed by atoms with Crippen LogP contribution in [0.5, 0.6) is 0 Å². The number of nitrogens with zero attached hydrogens (tertiary/aromatic N) is 3. The minimum Gasteiger partial charge on any atom is -0.379 e. The van der Waals surface area contributed by atoms with Crippen molar-refractivity contribution < 1.29 is 28.7 Å². The van der Waals surface area contributed by atoms with Crippen LogP contribution in [0.25, 0.3) is 0 Å². The molecule has 3 N–H and O–H groups in total. The van der Waals surface area contributed by atoms with Crippen LogP contribution in [0.2, 0.25) is 0 Å². The molecule has 306 valence electrons. The molecule has 0 radical (unpaired) electrons. The number of hydrogen-bond donors (Lipinski definition) is 2. The molecule has 1 aromatic carbocycles. The highest BCUT2D eigenvalue weighted by Crippen LogP contribution is 2.33. The van der Waals surface area contributed by atoms with Gasteiger partial charge in [-0.2, -0.15) is 0 Å². The van der Waals surface area contributed by atoms with E-state index in [-0.39, 0.29) is 60.3 Å². The summed E-state index contributed by atoms with van der Waals surface area (Å²) < 4.78 is 12.1. The number of likely N-dealkylation sites (tertiary alicyclic amines) is 1. The molecule has 1 saturated heterocycles. The Morgan fingerprint density at radius 3 is 2.29 bits per heavy atom. The van der Waals surface area contributed by atoms with Crippen LogP contribution in [0, 0.1) is 23.7 Å². The highest BCUT2D eigenvalue weighted by Gasteiger charge is 2.44. The van der Waals surface area contributed by atoms with Crippen LogP contribution in [0.1, 0.15) is 115 Å². The summed E-state index contributed by atoms with van der Waals surface area (Å²) in [6.45, 7) is 10.5. The van der Waals surface area contributed by atoms with E-state index in [9.17, 15) is 19.2 Å². The number of rotatable bonds is 20. The van der Waals surface area contributed by atoms with E-state index < -0.39 is 35.6 Å². The number of nitrogens with one attached hydrogen (secondary N) is 1. The average Bonchev–Trinajstić information content (AvgIpc) is 3.90. The summed E-state index contributed by atoms with van der Waals surface area (Å²) in [6, 6.07) is 9.03. The molecular weight excluding hydrogens is 715 g/mol. The second-order valence-electron chi connectivity index (χ2n) is 16.4. The maximum absolute atomic E-state index is 14.3. The van der Waals surface area contributed by atoms with Gasteiger partial charge in [0.15, 0.2) is 5.78 Å². The van der Waals surface area contributed by atoms with Crippen LogP contribution in [0.15, 0.2) is 41.9 Å². The van der Waals surface area contributed by atoms with Crippen molar-refractivity contribution >= 4 is 34.8 Å². The number of Topliss-reactive ketones (excluding diaryl/α,β-unsaturated/α-hetero) is 1. The summed E-state index contributed by atoms with van der Waals surface area (Å²) >= 11 is 1.51. The van der Waals surface area contributed by atoms with Gasteiger partial charge in [-0.1, -0.05) is 90.6 Å². The molecule has 55 heavy (non-hydrogen) atoms. The number of methoxy groups -OCH3 is 2. The quantitative estimate of drug-likeness (QED) is 0.158. The molecule has 1 aliphatic heterocycles. The summed E-state index contributed by atoms with van der Waals surface area (Å²) in [5, 5.41) is 5.98. The molecule has 11 nitrogen and oxygen atoms in total. The number of carbonyl (C=O) groups is 4. The lowest BCUT2D eigenvalue weighted by Crippen LogP contribution is -2.55. The van der Waals surface area contributed by atoms with Crippen LogP contribution in [-0.4, -0.2) is 95.9 Å². The Labute approximate surface area is 333 Å². The SMILES string of the molecule is CCC(C)C(C(CC(=O)N1CCCC1C(OC)C(C)C(=O)NC(Cc1ccccc1)c1nccs1)OC)N(C)C(=O)C(CC(=O)C1(N)CCCCC1)C(C)C. The van der Waals surface area contributed by atoms with Crippen LogP contribution in [0.3, 0.4) is 0 Å². The van der Waals surface area contributed by atoms with Crippen LogP contribution >= 0.6 is 11.3 Å². The second kappa shape index (κ2) is 20.8. The third-order valence-corrected chi connectivity index (χ3v) is 13.3. The van der Waals surface area contributed by atoms with E-state index in [1.807, 2.05) is 61.4 Å². The number of amides is 3. The minimum absolute atomic E-state index is 0.0147. The average molecular weight is 782 g/mol. The molecule has 2 aliphatic rings. The minimum atomic E-state index is -0.864. The van der Waals surface area contributed by atoms with E-state index in [1.54, 1.807) is 32.4 Å². The zero-order chi connectivity index (χ0) is 40.3. The summed E-state index contributed by atoms with van der Waals surface area (Å²) in [4.78, 5) is 64.2. The molecule has 0 bridgehead atoms. The molecule has 1 aliphatic carbocycles. The first-order valence-electron chi connectivity index (χ1n) is 20.4. The maximum atomic E-state index is 14.3. The molecule has 0 spiro atoms. The topological polar surface area (TPSA) is 144 Å². The van der Waals surface area contributed by atoms with Crippen molar-refractivity contribution in [3.8, 4) is 0 Å². The van der Waals surface area contributed by atoms with Gasteiger partial charge in [-0.15, -0.1) is 11.3 Å². The summed E-state index contributed by atoms with van der Waals surface area (Å²) in [6.07, 6.45) is 7.94. The lowest BCUT2D eigenvalue weighted by molar-refractivity contribution is -0.149. The van der Waals surface area contributed by atoms with Crippen molar-refractivity contribution in [2.45, 2.75) is 141 Å². The predicted molar refractivity (Wildman–Crippen MR) is 217 cm³/mol. The van der Waals surface area contributed by atoms with Crippen LogP contribution in [-0.2, 0) is 35.1 Å². The van der Waals surface area contributed by atoms with E-state index in [0.717, 1.165) is 42.7 Å². The van der Waals surface area contributed by atoms with Gasteiger partial charge in [0, 0.05) is 51.7 Å². The molecule has 8 unspecified atom stereocenters. The fourth-order valence-corrected chi connectivity index (χ4v) is 9.49. The van der Waals surface area contributed by atoms with Gasteiger partial charge in [-0.05, 0) is 49.5 Å². The van der Waals surface area contributed by atoms with Crippen molar-refractivity contribution in [2.24, 2.45) is 29.4 Å². The van der Waals surface area contributed by atoms with Crippen molar-refractivity contribution in [1.29, 1.82) is 0 Å². The Kier molecular flexibility index (Phi) is 16.9. The number of nitrogens with two attached hydrogens (primary N) is 1. The third-order valence-electron chi connectivity index (χ3n) is 12.4. The number of likely N-dealkylation sites (N-methyl/N-ethyl adjacent to an activating group) is 1. The molecule has 2 heterocycles. The zero-order valence-corrected chi connectivity index (χ0v) is 35.3. The Balaban J connectivity index is 1.47. The largest absolute Gasteiger partial charge is 0.379 e. The fraction of sp³-hybridized carbons (Fsp3) is 0.698. The van der Waals surface area contributed by atoms with Gasteiger partial charge in [-0.3, -0.25) is 19.2 Å². The van der Waals surface area contributed by atoms with Crippen molar-refractivity contribution in [2.75, 3.05) is 27.8 Å². The molecule has 2 fully saturated rings. The number of aromatic nitrogens is 1. The van der Waals surface area contributed by atoms with E-state index >= 15 is 0 Å². The molecule has 8 atom stereocenters. The zero-order valence-electron chi connectivity index (χ0n) is 34.5. The summed E-state index contributed by atoms with van der Waals surface area (Å²) in [7, 11) is 4.98. The monoisotopic (exact) mass is 781 g/mol. The number of hydrogen-bond acceptors (Lipinski definition) is 9. The molecule has 12 heteroatoms. The van der Waals surface area contributed by atoms with Crippen molar-refractivity contribution in [3.63, 3.8) is 0 Å². The normalized spacial score (nSPS) is 20.9. The van der Waals surface area contributed by atoms with Gasteiger partial charge in [0.2, 0.25) is 17.7 Å². The van der Waals surface area contributed by atoms with E-state index in [0.29, 0.717) is 32.2 Å². The highest BCUT2D eigenvalue weighted by molar-refractivity contribution is 7.09. The summed E-state index contributed by atoms with van der Waals surface area (Å²) in [5.74, 6) is -1.54. The van der Waals surface area contributed by atoms with Gasteiger partial charge in [0.1, 0.15) is 5.01 Å². The van der Waals surface area contributed by atoms with Gasteiger partial charge >= 0.3 is 0 Å². The van der Waals surface area contributed by atoms with E-state index in [4.69, 9.17) is 15.2 Å². The fourth-order valence-electron chi connectivity index (χ4n) is 8.80. The summed E-state index contributed by atoms with van der Waals surface area (Å²) in [5.41, 5.74) is 6.85. The molecule has 1 aromatic heterocycles. The predicted octanol–water partition coefficient (Wildman–Crippen LogP) is 6.36. The molecule has 1 saturated carbocycles. The van der Waals surface area contributed by atoms with Gasteiger partial charge in [-0.25, -0.2) is 4.98 Å². The van der Waals surface area contributed by atoms with Crippen LogP contribution < -0.4 is 11.1 Å². The number of benzene rings is 1. The number of ketones is 1. The number of thiazole rings is 1. The van der Waals surface area contributed by atoms with E-state index in [1.165, 1.54) is 11.3 Å². The van der Waals surface area contributed by atoms with Gasteiger partial charge in [0.25, 0.3) is 0 Å². The van der Waals surface area contributed by atoms with Crippen molar-refractivity contribution in [3.05, 3.63) is 52.5 Å². The Hall–Kier alpha value is -3.19. The number of ether oxygens (including phenoxy) is 2. The van der Waals surface area contributed by atoms with Crippen LogP contribution in [0.4, 0.5) is 0 Å². The molecule has 2 aromatic rings. The Morgan fingerprint density at radius 1 is 1.02 bits per heavy atom. The van der Waals surface area contributed by atoms with Crippen molar-refractivity contribution in [1.82, 2.24) is 20.1 Å².